The van der Waals surface area contributed by atoms with Gasteiger partial charge in [-0.1, -0.05) is 18.6 Å². The average molecular weight is 399 g/mol. The fourth-order valence-corrected chi connectivity index (χ4v) is 3.48. The Morgan fingerprint density at radius 3 is 2.72 bits per heavy atom. The zero-order valence-corrected chi connectivity index (χ0v) is 17.5. The maximum Gasteiger partial charge on any atom is 0.308 e. The average Bonchev–Trinajstić information content (AvgIpc) is 3.54. The van der Waals surface area contributed by atoms with Gasteiger partial charge >= 0.3 is 5.97 Å². The number of nitrogens with zero attached hydrogens (tertiary/aromatic N) is 2. The van der Waals surface area contributed by atoms with Gasteiger partial charge in [-0.15, -0.1) is 0 Å². The number of carboxylic acids is 1. The van der Waals surface area contributed by atoms with Crippen molar-refractivity contribution in [2.75, 3.05) is 26.3 Å². The number of ether oxygens (including phenoxy) is 1. The van der Waals surface area contributed by atoms with Crippen LogP contribution in [0.2, 0.25) is 0 Å². The van der Waals surface area contributed by atoms with Crippen LogP contribution < -0.4 is 0 Å². The molecule has 29 heavy (non-hydrogen) atoms. The molecular formula is C23H30N2O4. The molecule has 1 N–H and O–H groups in total. The summed E-state index contributed by atoms with van der Waals surface area (Å²) in [7, 11) is 0. The normalized spacial score (nSPS) is 14.7. The first-order valence-electron chi connectivity index (χ1n) is 10.4. The summed E-state index contributed by atoms with van der Waals surface area (Å²) >= 11 is 0. The Morgan fingerprint density at radius 2 is 2.07 bits per heavy atom. The number of fused-ring (bicyclic) bond motifs is 1. The molecule has 0 aliphatic heterocycles. The van der Waals surface area contributed by atoms with Gasteiger partial charge in [-0.05, 0) is 51.3 Å². The Labute approximate surface area is 171 Å². The van der Waals surface area contributed by atoms with Gasteiger partial charge in [0.2, 0.25) is 0 Å². The van der Waals surface area contributed by atoms with Gasteiger partial charge < -0.3 is 14.7 Å². The number of aliphatic carboxylic acids is 1. The molecule has 1 saturated carbocycles. The molecule has 0 spiro atoms. The van der Waals surface area contributed by atoms with Crippen molar-refractivity contribution in [3.05, 3.63) is 41.1 Å². The molecule has 0 bridgehead atoms. The van der Waals surface area contributed by atoms with Gasteiger partial charge in [-0.3, -0.25) is 14.6 Å². The molecule has 1 heterocycles. The summed E-state index contributed by atoms with van der Waals surface area (Å²) < 4.78 is 5.40. The van der Waals surface area contributed by atoms with Crippen molar-refractivity contribution >= 4 is 22.8 Å². The van der Waals surface area contributed by atoms with E-state index in [9.17, 15) is 14.7 Å². The van der Waals surface area contributed by atoms with Crippen LogP contribution in [0.3, 0.4) is 0 Å². The number of hydrogen-bond acceptors (Lipinski definition) is 4. The minimum absolute atomic E-state index is 0.130. The van der Waals surface area contributed by atoms with E-state index in [0.29, 0.717) is 37.7 Å². The highest BCUT2D eigenvalue weighted by Gasteiger charge is 2.29. The number of carboxylic acid groups (broad SMARTS) is 1. The Bertz CT molecular complexity index is 892. The lowest BCUT2D eigenvalue weighted by atomic mass is 10.0. The Kier molecular flexibility index (Phi) is 6.85. The Balaban J connectivity index is 1.95. The third kappa shape index (κ3) is 5.32. The predicted molar refractivity (Wildman–Crippen MR) is 112 cm³/mol. The summed E-state index contributed by atoms with van der Waals surface area (Å²) in [6.07, 6.45) is 2.88. The number of pyridine rings is 1. The first-order valence-corrected chi connectivity index (χ1v) is 10.4. The second kappa shape index (κ2) is 9.35. The Morgan fingerprint density at radius 1 is 1.31 bits per heavy atom. The monoisotopic (exact) mass is 398 g/mol. The van der Waals surface area contributed by atoms with Crippen LogP contribution in [0.4, 0.5) is 0 Å². The van der Waals surface area contributed by atoms with Crippen LogP contribution in [0.25, 0.3) is 10.9 Å². The van der Waals surface area contributed by atoms with Gasteiger partial charge in [0.05, 0.1) is 17.0 Å². The second-order valence-corrected chi connectivity index (χ2v) is 7.93. The molecule has 3 rings (SSSR count). The van der Waals surface area contributed by atoms with Gasteiger partial charge in [0.25, 0.3) is 5.91 Å². The fraction of sp³-hybridized carbons (Fsp3) is 0.522. The molecule has 1 fully saturated rings. The molecule has 1 aliphatic rings. The highest BCUT2D eigenvalue weighted by atomic mass is 16.5. The topological polar surface area (TPSA) is 79.7 Å². The van der Waals surface area contributed by atoms with Crippen molar-refractivity contribution in [1.82, 2.24) is 9.88 Å². The van der Waals surface area contributed by atoms with E-state index in [2.05, 4.69) is 0 Å². The molecule has 1 aromatic carbocycles. The second-order valence-electron chi connectivity index (χ2n) is 7.93. The van der Waals surface area contributed by atoms with Crippen LogP contribution >= 0.6 is 0 Å². The lowest BCUT2D eigenvalue weighted by Crippen LogP contribution is -2.38. The van der Waals surface area contributed by atoms with Crippen molar-refractivity contribution in [3.63, 3.8) is 0 Å². The van der Waals surface area contributed by atoms with Gasteiger partial charge in [-0.25, -0.2) is 0 Å². The quantitative estimate of drug-likeness (QED) is 0.612. The van der Waals surface area contributed by atoms with Crippen molar-refractivity contribution in [2.45, 2.75) is 46.0 Å². The van der Waals surface area contributed by atoms with E-state index in [1.165, 1.54) is 0 Å². The first kappa shape index (κ1) is 21.2. The summed E-state index contributed by atoms with van der Waals surface area (Å²) in [4.78, 5) is 31.4. The van der Waals surface area contributed by atoms with Gasteiger partial charge in [-0.2, -0.15) is 0 Å². The van der Waals surface area contributed by atoms with Crippen LogP contribution in [-0.4, -0.2) is 53.2 Å². The first-order chi connectivity index (χ1) is 13.9. The largest absolute Gasteiger partial charge is 0.481 e. The predicted octanol–water partition coefficient (Wildman–Crippen LogP) is 4.01. The van der Waals surface area contributed by atoms with Crippen molar-refractivity contribution in [3.8, 4) is 0 Å². The van der Waals surface area contributed by atoms with E-state index in [0.717, 1.165) is 35.0 Å². The summed E-state index contributed by atoms with van der Waals surface area (Å²) in [6, 6.07) is 7.88. The standard InChI is InChI=1S/C23H30N2O4/c1-4-29-11-5-10-25(14-16(3)23(27)28)22(26)19-13-21(17-7-8-17)24-20-9-6-15(2)12-18(19)20/h6,9,12-13,16-17H,4-5,7-8,10-11,14H2,1-3H3,(H,27,28). The van der Waals surface area contributed by atoms with E-state index in [-0.39, 0.29) is 12.5 Å². The van der Waals surface area contributed by atoms with Crippen LogP contribution in [-0.2, 0) is 9.53 Å². The van der Waals surface area contributed by atoms with Crippen LogP contribution in [0.1, 0.15) is 60.6 Å². The van der Waals surface area contributed by atoms with Crippen LogP contribution in [0.15, 0.2) is 24.3 Å². The van der Waals surface area contributed by atoms with Gasteiger partial charge in [0.15, 0.2) is 0 Å². The number of carbonyl (C=O) groups is 2. The van der Waals surface area contributed by atoms with Crippen molar-refractivity contribution in [2.24, 2.45) is 5.92 Å². The number of hydrogen-bond donors (Lipinski definition) is 1. The molecule has 0 radical (unpaired) electrons. The number of aryl methyl sites for hydroxylation is 1. The van der Waals surface area contributed by atoms with E-state index >= 15 is 0 Å². The van der Waals surface area contributed by atoms with Crippen molar-refractivity contribution in [1.29, 1.82) is 0 Å². The molecule has 6 heteroatoms. The van der Waals surface area contributed by atoms with E-state index in [1.54, 1.807) is 11.8 Å². The van der Waals surface area contributed by atoms with Crippen LogP contribution in [0, 0.1) is 12.8 Å². The zero-order valence-electron chi connectivity index (χ0n) is 17.5. The molecule has 1 aromatic heterocycles. The maximum atomic E-state index is 13.6. The molecule has 2 aromatic rings. The number of benzene rings is 1. The molecular weight excluding hydrogens is 368 g/mol. The van der Waals surface area contributed by atoms with Crippen LogP contribution in [0.5, 0.6) is 0 Å². The Hall–Kier alpha value is -2.47. The smallest absolute Gasteiger partial charge is 0.308 e. The molecule has 1 unspecified atom stereocenters. The summed E-state index contributed by atoms with van der Waals surface area (Å²) in [5.41, 5.74) is 3.47. The number of carbonyl (C=O) groups excluding carboxylic acids is 1. The van der Waals surface area contributed by atoms with Gasteiger partial charge in [0, 0.05) is 43.3 Å². The highest BCUT2D eigenvalue weighted by molar-refractivity contribution is 6.06. The minimum Gasteiger partial charge on any atom is -0.481 e. The highest BCUT2D eigenvalue weighted by Crippen LogP contribution is 2.40. The SMILES string of the molecule is CCOCCCN(CC(C)C(=O)O)C(=O)c1cc(C2CC2)nc2ccc(C)cc12. The number of amides is 1. The van der Waals surface area contributed by atoms with E-state index < -0.39 is 11.9 Å². The molecule has 1 amide bonds. The maximum absolute atomic E-state index is 13.6. The number of rotatable bonds is 10. The summed E-state index contributed by atoms with van der Waals surface area (Å²) in [5, 5.41) is 10.2. The third-order valence-electron chi connectivity index (χ3n) is 5.33. The third-order valence-corrected chi connectivity index (χ3v) is 5.33. The fourth-order valence-electron chi connectivity index (χ4n) is 3.48. The van der Waals surface area contributed by atoms with E-state index in [1.807, 2.05) is 38.1 Å². The molecule has 1 aliphatic carbocycles. The molecule has 156 valence electrons. The van der Waals surface area contributed by atoms with E-state index in [4.69, 9.17) is 9.72 Å². The number of aromatic nitrogens is 1. The zero-order chi connectivity index (χ0) is 21.0. The summed E-state index contributed by atoms with van der Waals surface area (Å²) in [5.74, 6) is -1.24. The molecule has 0 saturated heterocycles. The van der Waals surface area contributed by atoms with Gasteiger partial charge in [0.1, 0.15) is 0 Å². The lowest BCUT2D eigenvalue weighted by Gasteiger charge is -2.25. The summed E-state index contributed by atoms with van der Waals surface area (Å²) in [6.45, 7) is 7.37. The minimum atomic E-state index is -0.901. The van der Waals surface area contributed by atoms with Crippen molar-refractivity contribution < 1.29 is 19.4 Å². The lowest BCUT2D eigenvalue weighted by molar-refractivity contribution is -0.141. The molecule has 6 nitrogen and oxygen atoms in total. The molecule has 1 atom stereocenters.